The third-order valence-electron chi connectivity index (χ3n) is 4.54. The number of aryl methyl sites for hydroxylation is 1. The van der Waals surface area contributed by atoms with Crippen molar-refractivity contribution in [2.24, 2.45) is 0 Å². The Balaban J connectivity index is 1.49. The Hall–Kier alpha value is -3.02. The van der Waals surface area contributed by atoms with Crippen LogP contribution in [0.25, 0.3) is 11.4 Å². The monoisotopic (exact) mass is 351 g/mol. The molecule has 1 aliphatic rings. The van der Waals surface area contributed by atoms with Gasteiger partial charge in [0.25, 0.3) is 0 Å². The number of benzene rings is 2. The van der Waals surface area contributed by atoms with Gasteiger partial charge < -0.3 is 9.42 Å². The molecule has 132 valence electrons. The number of hydrogen-bond acceptors (Lipinski definition) is 4. The predicted octanol–water partition coefficient (Wildman–Crippen LogP) is 3.70. The number of aromatic nitrogens is 2. The van der Waals surface area contributed by atoms with E-state index in [-0.39, 0.29) is 17.6 Å². The van der Waals surface area contributed by atoms with E-state index in [1.165, 1.54) is 17.7 Å². The van der Waals surface area contributed by atoms with Crippen LogP contribution < -0.4 is 0 Å². The summed E-state index contributed by atoms with van der Waals surface area (Å²) in [6, 6.07) is 14.2. The van der Waals surface area contributed by atoms with Gasteiger partial charge in [-0.2, -0.15) is 4.98 Å². The van der Waals surface area contributed by atoms with E-state index < -0.39 is 0 Å². The molecule has 6 heteroatoms. The van der Waals surface area contributed by atoms with Crippen LogP contribution in [-0.4, -0.2) is 27.5 Å². The first kappa shape index (κ1) is 16.4. The van der Waals surface area contributed by atoms with E-state index in [4.69, 9.17) is 4.52 Å². The largest absolute Gasteiger partial charge is 0.339 e. The van der Waals surface area contributed by atoms with Crippen LogP contribution >= 0.6 is 0 Å². The number of carbonyl (C=O) groups excluding carboxylic acids is 1. The van der Waals surface area contributed by atoms with Crippen molar-refractivity contribution < 1.29 is 13.7 Å². The molecule has 1 fully saturated rings. The third kappa shape index (κ3) is 3.35. The molecule has 2 aromatic carbocycles. The number of nitrogens with zero attached hydrogens (tertiary/aromatic N) is 3. The van der Waals surface area contributed by atoms with Crippen molar-refractivity contribution in [2.75, 3.05) is 6.54 Å². The molecule has 1 saturated heterocycles. The number of halogens is 1. The second kappa shape index (κ2) is 6.71. The highest BCUT2D eigenvalue weighted by Crippen LogP contribution is 2.29. The lowest BCUT2D eigenvalue weighted by atomic mass is 10.1. The number of rotatable bonds is 4. The molecule has 0 bridgehead atoms. The summed E-state index contributed by atoms with van der Waals surface area (Å²) in [4.78, 5) is 18.5. The smallest absolute Gasteiger partial charge is 0.232 e. The molecule has 1 amide bonds. The zero-order chi connectivity index (χ0) is 18.1. The van der Waals surface area contributed by atoms with Gasteiger partial charge in [0, 0.05) is 25.1 Å². The number of hydrogen-bond donors (Lipinski definition) is 0. The fourth-order valence-electron chi connectivity index (χ4n) is 3.27. The first-order valence-electron chi connectivity index (χ1n) is 8.51. The fourth-order valence-corrected chi connectivity index (χ4v) is 3.27. The highest BCUT2D eigenvalue weighted by Gasteiger charge is 2.34. The Morgan fingerprint density at radius 2 is 2.08 bits per heavy atom. The van der Waals surface area contributed by atoms with Gasteiger partial charge in [0.15, 0.2) is 0 Å². The van der Waals surface area contributed by atoms with E-state index in [0.29, 0.717) is 36.8 Å². The van der Waals surface area contributed by atoms with Crippen molar-refractivity contribution in [3.05, 3.63) is 71.4 Å². The molecular weight excluding hydrogens is 333 g/mol. The van der Waals surface area contributed by atoms with Crippen LogP contribution in [0.3, 0.4) is 0 Å². The van der Waals surface area contributed by atoms with Crippen molar-refractivity contribution >= 4 is 5.91 Å². The van der Waals surface area contributed by atoms with Gasteiger partial charge in [-0.3, -0.25) is 4.79 Å². The molecule has 1 aliphatic heterocycles. The van der Waals surface area contributed by atoms with Crippen LogP contribution in [0.4, 0.5) is 4.39 Å². The molecule has 1 unspecified atom stereocenters. The van der Waals surface area contributed by atoms with Crippen LogP contribution in [0.15, 0.2) is 53.1 Å². The van der Waals surface area contributed by atoms with Gasteiger partial charge in [-0.1, -0.05) is 47.1 Å². The summed E-state index contributed by atoms with van der Waals surface area (Å²) in [6.07, 6.45) is 0.344. The maximum Gasteiger partial charge on any atom is 0.232 e. The van der Waals surface area contributed by atoms with Crippen LogP contribution in [-0.2, 0) is 11.3 Å². The quantitative estimate of drug-likeness (QED) is 0.719. The highest BCUT2D eigenvalue weighted by atomic mass is 19.1. The van der Waals surface area contributed by atoms with Gasteiger partial charge in [-0.05, 0) is 24.6 Å². The zero-order valence-electron chi connectivity index (χ0n) is 14.4. The van der Waals surface area contributed by atoms with Crippen LogP contribution in [0.2, 0.25) is 0 Å². The molecule has 1 atom stereocenters. The molecule has 2 heterocycles. The Labute approximate surface area is 150 Å². The molecule has 26 heavy (non-hydrogen) atoms. The van der Waals surface area contributed by atoms with Gasteiger partial charge in [0.1, 0.15) is 5.82 Å². The highest BCUT2D eigenvalue weighted by molar-refractivity contribution is 5.79. The lowest BCUT2D eigenvalue weighted by Gasteiger charge is -2.16. The molecule has 0 saturated carbocycles. The summed E-state index contributed by atoms with van der Waals surface area (Å²) >= 11 is 0. The van der Waals surface area contributed by atoms with Crippen LogP contribution in [0.5, 0.6) is 0 Å². The molecule has 3 aromatic rings. The van der Waals surface area contributed by atoms with E-state index in [1.807, 2.05) is 30.0 Å². The summed E-state index contributed by atoms with van der Waals surface area (Å²) < 4.78 is 18.7. The Morgan fingerprint density at radius 1 is 1.23 bits per heavy atom. The van der Waals surface area contributed by atoms with Gasteiger partial charge in [-0.15, -0.1) is 0 Å². The molecular formula is C20H18FN3O2. The SMILES string of the molecule is Cc1cccc(CN2CC(c3nc(-c4cccc(F)c4)no3)CC2=O)c1. The normalized spacial score (nSPS) is 17.1. The molecule has 5 nitrogen and oxygen atoms in total. The lowest BCUT2D eigenvalue weighted by Crippen LogP contribution is -2.24. The fraction of sp³-hybridized carbons (Fsp3) is 0.250. The Morgan fingerprint density at radius 3 is 2.88 bits per heavy atom. The Bertz CT molecular complexity index is 953. The molecule has 0 radical (unpaired) electrons. The van der Waals surface area contributed by atoms with Gasteiger partial charge in [-0.25, -0.2) is 4.39 Å². The molecule has 0 aliphatic carbocycles. The maximum atomic E-state index is 13.4. The van der Waals surface area contributed by atoms with Crippen LogP contribution in [0.1, 0.15) is 29.4 Å². The first-order valence-corrected chi connectivity index (χ1v) is 8.51. The van der Waals surface area contributed by atoms with E-state index >= 15 is 0 Å². The molecule has 0 N–H and O–H groups in total. The molecule has 1 aromatic heterocycles. The Kier molecular flexibility index (Phi) is 4.24. The minimum atomic E-state index is -0.353. The lowest BCUT2D eigenvalue weighted by molar-refractivity contribution is -0.128. The van der Waals surface area contributed by atoms with E-state index in [2.05, 4.69) is 16.2 Å². The average Bonchev–Trinajstić information content (AvgIpc) is 3.23. The average molecular weight is 351 g/mol. The number of amides is 1. The zero-order valence-corrected chi connectivity index (χ0v) is 14.4. The van der Waals surface area contributed by atoms with Crippen molar-refractivity contribution in [1.82, 2.24) is 15.0 Å². The third-order valence-corrected chi connectivity index (χ3v) is 4.54. The van der Waals surface area contributed by atoms with E-state index in [1.54, 1.807) is 12.1 Å². The minimum Gasteiger partial charge on any atom is -0.339 e. The standard InChI is InChI=1S/C20H18FN3O2/c1-13-4-2-5-14(8-13)11-24-12-16(10-18(24)25)20-22-19(23-26-20)15-6-3-7-17(21)9-15/h2-9,16H,10-12H2,1H3. The topological polar surface area (TPSA) is 59.2 Å². The summed E-state index contributed by atoms with van der Waals surface area (Å²) in [5.41, 5.74) is 2.83. The van der Waals surface area contributed by atoms with Crippen molar-refractivity contribution in [1.29, 1.82) is 0 Å². The maximum absolute atomic E-state index is 13.4. The van der Waals surface area contributed by atoms with Gasteiger partial charge in [0.2, 0.25) is 17.6 Å². The second-order valence-corrected chi connectivity index (χ2v) is 6.63. The summed E-state index contributed by atoms with van der Waals surface area (Å²) in [7, 11) is 0. The van der Waals surface area contributed by atoms with Crippen molar-refractivity contribution in [3.8, 4) is 11.4 Å². The van der Waals surface area contributed by atoms with Gasteiger partial charge in [0.05, 0.1) is 5.92 Å². The summed E-state index contributed by atoms with van der Waals surface area (Å²) in [6.45, 7) is 3.14. The number of likely N-dealkylation sites (tertiary alicyclic amines) is 1. The van der Waals surface area contributed by atoms with E-state index in [0.717, 1.165) is 5.56 Å². The van der Waals surface area contributed by atoms with Gasteiger partial charge >= 0.3 is 0 Å². The number of carbonyl (C=O) groups is 1. The summed E-state index contributed by atoms with van der Waals surface area (Å²) in [5, 5.41) is 3.94. The molecule has 0 spiro atoms. The van der Waals surface area contributed by atoms with Crippen LogP contribution in [0, 0.1) is 12.7 Å². The second-order valence-electron chi connectivity index (χ2n) is 6.63. The van der Waals surface area contributed by atoms with Crippen molar-refractivity contribution in [3.63, 3.8) is 0 Å². The minimum absolute atomic E-state index is 0.0713. The van der Waals surface area contributed by atoms with Crippen molar-refractivity contribution in [2.45, 2.75) is 25.8 Å². The first-order chi connectivity index (χ1) is 12.6. The molecule has 4 rings (SSSR count). The van der Waals surface area contributed by atoms with E-state index in [9.17, 15) is 9.18 Å². The summed E-state index contributed by atoms with van der Waals surface area (Å²) in [5.74, 6) is 0.340. The predicted molar refractivity (Wildman–Crippen MR) is 93.6 cm³/mol.